The van der Waals surface area contributed by atoms with E-state index in [4.69, 9.17) is 9.15 Å². The fourth-order valence-corrected chi connectivity index (χ4v) is 3.52. The highest BCUT2D eigenvalue weighted by atomic mass is 16.5. The third-order valence-corrected chi connectivity index (χ3v) is 4.90. The van der Waals surface area contributed by atoms with E-state index in [0.717, 1.165) is 0 Å². The van der Waals surface area contributed by atoms with Crippen LogP contribution >= 0.6 is 0 Å². The molecule has 1 atom stereocenters. The largest absolute Gasteiger partial charge is 0.507 e. The predicted octanol–water partition coefficient (Wildman–Crippen LogP) is 3.91. The van der Waals surface area contributed by atoms with Gasteiger partial charge in [-0.25, -0.2) is 0 Å². The molecule has 0 unspecified atom stereocenters. The van der Waals surface area contributed by atoms with Gasteiger partial charge in [-0.2, -0.15) is 0 Å². The van der Waals surface area contributed by atoms with Crippen LogP contribution in [-0.2, 0) is 16.1 Å². The third kappa shape index (κ3) is 3.40. The molecule has 1 saturated heterocycles. The van der Waals surface area contributed by atoms with Gasteiger partial charge >= 0.3 is 0 Å². The number of hydrogen-bond donors (Lipinski definition) is 1. The number of furan rings is 1. The van der Waals surface area contributed by atoms with Gasteiger partial charge in [0.25, 0.3) is 11.7 Å². The number of nitrogens with zero attached hydrogens (tertiary/aromatic N) is 1. The predicted molar refractivity (Wildman–Crippen MR) is 106 cm³/mol. The first kappa shape index (κ1) is 18.6. The van der Waals surface area contributed by atoms with E-state index in [-0.39, 0.29) is 17.9 Å². The summed E-state index contributed by atoms with van der Waals surface area (Å²) in [7, 11) is 1.54. The van der Waals surface area contributed by atoms with Crippen molar-refractivity contribution in [1.82, 2.24) is 4.90 Å². The lowest BCUT2D eigenvalue weighted by molar-refractivity contribution is -0.140. The number of ether oxygens (including phenoxy) is 1. The number of carbonyl (C=O) groups is 2. The zero-order valence-electron chi connectivity index (χ0n) is 15.7. The number of amides is 1. The summed E-state index contributed by atoms with van der Waals surface area (Å²) in [5.74, 6) is -0.499. The van der Waals surface area contributed by atoms with Crippen LogP contribution in [-0.4, -0.2) is 28.8 Å². The highest BCUT2D eigenvalue weighted by molar-refractivity contribution is 6.46. The molecule has 1 aliphatic rings. The van der Waals surface area contributed by atoms with Crippen molar-refractivity contribution < 1.29 is 23.8 Å². The minimum absolute atomic E-state index is 0.0426. The summed E-state index contributed by atoms with van der Waals surface area (Å²) in [5, 5.41) is 10.9. The minimum atomic E-state index is -0.768. The van der Waals surface area contributed by atoms with Gasteiger partial charge < -0.3 is 19.2 Å². The van der Waals surface area contributed by atoms with Gasteiger partial charge in [-0.15, -0.1) is 0 Å². The number of hydrogen-bond acceptors (Lipinski definition) is 5. The van der Waals surface area contributed by atoms with Crippen molar-refractivity contribution >= 4 is 17.4 Å². The van der Waals surface area contributed by atoms with Crippen LogP contribution in [0, 0.1) is 0 Å². The molecule has 1 aliphatic heterocycles. The molecule has 6 heteroatoms. The zero-order valence-corrected chi connectivity index (χ0v) is 15.7. The topological polar surface area (TPSA) is 80.0 Å². The van der Waals surface area contributed by atoms with E-state index >= 15 is 0 Å². The third-order valence-electron chi connectivity index (χ3n) is 4.90. The summed E-state index contributed by atoms with van der Waals surface area (Å²) in [5.41, 5.74) is 1.17. The molecule has 0 radical (unpaired) electrons. The van der Waals surface area contributed by atoms with Crippen molar-refractivity contribution in [2.45, 2.75) is 12.6 Å². The Morgan fingerprint density at radius 1 is 1.07 bits per heavy atom. The van der Waals surface area contributed by atoms with Crippen LogP contribution in [0.1, 0.15) is 22.9 Å². The van der Waals surface area contributed by atoms with Crippen LogP contribution in [0.4, 0.5) is 0 Å². The molecule has 29 heavy (non-hydrogen) atoms. The Morgan fingerprint density at radius 2 is 1.86 bits per heavy atom. The normalized spacial score (nSPS) is 18.2. The van der Waals surface area contributed by atoms with Gasteiger partial charge in [0, 0.05) is 5.56 Å². The number of Topliss-reactive ketones (excluding diaryl/α,β-unsaturated/α-hetero) is 1. The van der Waals surface area contributed by atoms with Crippen LogP contribution in [0.5, 0.6) is 5.75 Å². The van der Waals surface area contributed by atoms with Crippen molar-refractivity contribution in [3.63, 3.8) is 0 Å². The van der Waals surface area contributed by atoms with E-state index in [1.807, 2.05) is 6.07 Å². The molecule has 0 aliphatic carbocycles. The number of methoxy groups -OCH3 is 1. The first-order valence-electron chi connectivity index (χ1n) is 9.10. The second kappa shape index (κ2) is 7.67. The maximum absolute atomic E-state index is 12.9. The van der Waals surface area contributed by atoms with Crippen molar-refractivity contribution in [3.8, 4) is 5.75 Å². The molecule has 1 fully saturated rings. The van der Waals surface area contributed by atoms with E-state index < -0.39 is 17.7 Å². The maximum Gasteiger partial charge on any atom is 0.296 e. The van der Waals surface area contributed by atoms with Gasteiger partial charge in [0.15, 0.2) is 0 Å². The van der Waals surface area contributed by atoms with Crippen LogP contribution in [0.25, 0.3) is 5.76 Å². The molecule has 0 saturated carbocycles. The summed E-state index contributed by atoms with van der Waals surface area (Å²) in [6.07, 6.45) is 1.51. The van der Waals surface area contributed by atoms with Crippen LogP contribution in [0.2, 0.25) is 0 Å². The smallest absolute Gasteiger partial charge is 0.296 e. The number of aliphatic hydroxyl groups is 1. The van der Waals surface area contributed by atoms with Crippen molar-refractivity contribution in [3.05, 3.63) is 95.5 Å². The minimum Gasteiger partial charge on any atom is -0.507 e. The van der Waals surface area contributed by atoms with Crippen molar-refractivity contribution in [2.75, 3.05) is 7.11 Å². The van der Waals surface area contributed by atoms with E-state index in [2.05, 4.69) is 0 Å². The maximum atomic E-state index is 12.9. The molecule has 1 N–H and O–H groups in total. The molecule has 2 aromatic carbocycles. The molecular formula is C23H19NO5. The van der Waals surface area contributed by atoms with Crippen LogP contribution < -0.4 is 4.74 Å². The molecule has 0 bridgehead atoms. The monoisotopic (exact) mass is 389 g/mol. The van der Waals surface area contributed by atoms with Gasteiger partial charge in [0.1, 0.15) is 17.3 Å². The average Bonchev–Trinajstić information content (AvgIpc) is 3.36. The molecule has 6 nitrogen and oxygen atoms in total. The van der Waals surface area contributed by atoms with Gasteiger partial charge in [-0.3, -0.25) is 9.59 Å². The average molecular weight is 389 g/mol. The van der Waals surface area contributed by atoms with E-state index in [1.54, 1.807) is 67.8 Å². The van der Waals surface area contributed by atoms with Crippen LogP contribution in [0.15, 0.2) is 83.0 Å². The summed E-state index contributed by atoms with van der Waals surface area (Å²) in [4.78, 5) is 27.2. The van der Waals surface area contributed by atoms with Gasteiger partial charge in [-0.05, 0) is 29.8 Å². The number of ketones is 1. The Hall–Kier alpha value is -3.80. The van der Waals surface area contributed by atoms with Crippen molar-refractivity contribution in [1.29, 1.82) is 0 Å². The second-order valence-electron chi connectivity index (χ2n) is 6.65. The van der Waals surface area contributed by atoms with Gasteiger partial charge in [0.2, 0.25) is 0 Å². The Balaban J connectivity index is 1.88. The molecule has 3 aromatic rings. The van der Waals surface area contributed by atoms with Gasteiger partial charge in [-0.1, -0.05) is 42.5 Å². The molecule has 2 heterocycles. The lowest BCUT2D eigenvalue weighted by Crippen LogP contribution is -2.29. The van der Waals surface area contributed by atoms with E-state index in [1.165, 1.54) is 11.2 Å². The summed E-state index contributed by atoms with van der Waals surface area (Å²) in [6.45, 7) is 0.102. The molecule has 0 spiro atoms. The number of benzene rings is 2. The molecule has 146 valence electrons. The Bertz CT molecular complexity index is 1070. The Kier molecular flexibility index (Phi) is 4.91. The number of carbonyl (C=O) groups excluding carboxylic acids is 2. The first-order valence-corrected chi connectivity index (χ1v) is 9.10. The SMILES string of the molecule is COc1cccc([C@H]2C(=C(O)c3ccccc3)C(=O)C(=O)N2Cc2ccco2)c1. The molecule has 1 aromatic heterocycles. The van der Waals surface area contributed by atoms with Gasteiger partial charge in [0.05, 0.1) is 31.5 Å². The first-order chi connectivity index (χ1) is 14.1. The second-order valence-corrected chi connectivity index (χ2v) is 6.65. The fraction of sp³-hybridized carbons (Fsp3) is 0.130. The number of aliphatic hydroxyl groups excluding tert-OH is 1. The standard InChI is InChI=1S/C23H19NO5/c1-28-17-10-5-9-16(13-17)20-19(21(25)15-7-3-2-4-8-15)22(26)23(27)24(20)14-18-11-6-12-29-18/h2-13,20,25H,14H2,1H3/t20-/m0/s1. The number of rotatable bonds is 5. The zero-order chi connectivity index (χ0) is 20.4. The highest BCUT2D eigenvalue weighted by Gasteiger charge is 2.46. The van der Waals surface area contributed by atoms with E-state index in [0.29, 0.717) is 22.6 Å². The summed E-state index contributed by atoms with van der Waals surface area (Å²) >= 11 is 0. The Morgan fingerprint density at radius 3 is 2.55 bits per heavy atom. The molecular weight excluding hydrogens is 370 g/mol. The van der Waals surface area contributed by atoms with Crippen molar-refractivity contribution in [2.24, 2.45) is 0 Å². The quantitative estimate of drug-likeness (QED) is 0.407. The Labute approximate surface area is 167 Å². The lowest BCUT2D eigenvalue weighted by Gasteiger charge is -2.24. The lowest BCUT2D eigenvalue weighted by atomic mass is 9.95. The summed E-state index contributed by atoms with van der Waals surface area (Å²) < 4.78 is 10.7. The highest BCUT2D eigenvalue weighted by Crippen LogP contribution is 2.41. The number of likely N-dealkylation sites (tertiary alicyclic amines) is 1. The van der Waals surface area contributed by atoms with E-state index in [9.17, 15) is 14.7 Å². The molecule has 4 rings (SSSR count). The molecule has 1 amide bonds. The fourth-order valence-electron chi connectivity index (χ4n) is 3.52. The van der Waals surface area contributed by atoms with Crippen LogP contribution in [0.3, 0.4) is 0 Å². The summed E-state index contributed by atoms with van der Waals surface area (Å²) in [6, 6.07) is 18.5.